The largest absolute Gasteiger partial charge is 0.340 e. The first-order chi connectivity index (χ1) is 11.6. The minimum atomic E-state index is 0.0774. The van der Waals surface area contributed by atoms with Gasteiger partial charge in [0.1, 0.15) is 0 Å². The number of allylic oxidation sites excluding steroid dienone is 3. The standard InChI is InChI=1S/C19H31N3O2/c1-3-5-6-7-18(23)21-10-8-17(9-11-21)16-19(24)22-14-12-20(4-2)13-15-22/h3,5-7,17H,4,8-16H2,1-2H3/b5-3+,7-6-. The Morgan fingerprint density at radius 2 is 1.62 bits per heavy atom. The molecule has 2 amide bonds. The molecule has 0 N–H and O–H groups in total. The minimum Gasteiger partial charge on any atom is -0.340 e. The Labute approximate surface area is 146 Å². The quantitative estimate of drug-likeness (QED) is 0.570. The molecule has 24 heavy (non-hydrogen) atoms. The second-order valence-corrected chi connectivity index (χ2v) is 6.67. The van der Waals surface area contributed by atoms with Crippen molar-refractivity contribution in [2.45, 2.75) is 33.1 Å². The molecule has 0 spiro atoms. The molecule has 134 valence electrons. The molecule has 0 aromatic carbocycles. The van der Waals surface area contributed by atoms with Gasteiger partial charge in [0.15, 0.2) is 0 Å². The Hall–Kier alpha value is -1.62. The highest BCUT2D eigenvalue weighted by Crippen LogP contribution is 2.22. The highest BCUT2D eigenvalue weighted by molar-refractivity contribution is 5.88. The third-order valence-electron chi connectivity index (χ3n) is 5.10. The molecule has 5 heteroatoms. The normalized spacial score (nSPS) is 21.1. The Morgan fingerprint density at radius 1 is 0.958 bits per heavy atom. The molecule has 0 atom stereocenters. The van der Waals surface area contributed by atoms with E-state index in [-0.39, 0.29) is 5.91 Å². The van der Waals surface area contributed by atoms with Gasteiger partial charge < -0.3 is 14.7 Å². The van der Waals surface area contributed by atoms with Crippen LogP contribution in [0.2, 0.25) is 0 Å². The van der Waals surface area contributed by atoms with E-state index in [1.54, 1.807) is 12.2 Å². The average molecular weight is 333 g/mol. The highest BCUT2D eigenvalue weighted by Gasteiger charge is 2.26. The van der Waals surface area contributed by atoms with Gasteiger partial charge in [-0.25, -0.2) is 0 Å². The van der Waals surface area contributed by atoms with Crippen LogP contribution >= 0.6 is 0 Å². The van der Waals surface area contributed by atoms with E-state index < -0.39 is 0 Å². The molecule has 5 nitrogen and oxygen atoms in total. The number of amides is 2. The van der Waals surface area contributed by atoms with E-state index in [9.17, 15) is 9.59 Å². The summed E-state index contributed by atoms with van der Waals surface area (Å²) < 4.78 is 0. The molecule has 2 heterocycles. The summed E-state index contributed by atoms with van der Waals surface area (Å²) in [7, 11) is 0. The molecular formula is C19H31N3O2. The number of piperazine rings is 1. The van der Waals surface area contributed by atoms with Crippen LogP contribution in [0.5, 0.6) is 0 Å². The van der Waals surface area contributed by atoms with Crippen molar-refractivity contribution in [1.82, 2.24) is 14.7 Å². The van der Waals surface area contributed by atoms with E-state index >= 15 is 0 Å². The third-order valence-corrected chi connectivity index (χ3v) is 5.10. The number of hydrogen-bond donors (Lipinski definition) is 0. The van der Waals surface area contributed by atoms with Gasteiger partial charge >= 0.3 is 0 Å². The van der Waals surface area contributed by atoms with Gasteiger partial charge in [-0.15, -0.1) is 0 Å². The summed E-state index contributed by atoms with van der Waals surface area (Å²) in [5.74, 6) is 0.794. The molecule has 0 radical (unpaired) electrons. The molecule has 2 rings (SSSR count). The first-order valence-electron chi connectivity index (χ1n) is 9.22. The van der Waals surface area contributed by atoms with Crippen molar-refractivity contribution < 1.29 is 9.59 Å². The molecule has 0 saturated carbocycles. The van der Waals surface area contributed by atoms with Crippen LogP contribution in [0.4, 0.5) is 0 Å². The number of carbonyl (C=O) groups is 2. The number of hydrogen-bond acceptors (Lipinski definition) is 3. The van der Waals surface area contributed by atoms with E-state index in [2.05, 4.69) is 11.8 Å². The maximum absolute atomic E-state index is 12.5. The number of piperidine rings is 1. The molecule has 2 saturated heterocycles. The fraction of sp³-hybridized carbons (Fsp3) is 0.684. The maximum atomic E-state index is 12.5. The summed E-state index contributed by atoms with van der Waals surface area (Å²) >= 11 is 0. The van der Waals surface area contributed by atoms with Crippen molar-refractivity contribution in [3.8, 4) is 0 Å². The van der Waals surface area contributed by atoms with Crippen molar-refractivity contribution in [3.05, 3.63) is 24.3 Å². The van der Waals surface area contributed by atoms with Crippen LogP contribution in [0.25, 0.3) is 0 Å². The van der Waals surface area contributed by atoms with Gasteiger partial charge in [-0.05, 0) is 32.2 Å². The molecule has 2 aliphatic heterocycles. The Bertz CT molecular complexity index is 471. The second-order valence-electron chi connectivity index (χ2n) is 6.67. The fourth-order valence-electron chi connectivity index (χ4n) is 3.40. The number of likely N-dealkylation sites (N-methyl/N-ethyl adjacent to an activating group) is 1. The van der Waals surface area contributed by atoms with Crippen LogP contribution in [0, 0.1) is 5.92 Å². The molecule has 0 aromatic rings. The monoisotopic (exact) mass is 333 g/mol. The van der Waals surface area contributed by atoms with E-state index in [0.29, 0.717) is 18.2 Å². The number of likely N-dealkylation sites (tertiary alicyclic amines) is 1. The smallest absolute Gasteiger partial charge is 0.246 e. The number of nitrogens with zero attached hydrogens (tertiary/aromatic N) is 3. The zero-order chi connectivity index (χ0) is 17.4. The van der Waals surface area contributed by atoms with Crippen LogP contribution in [0.15, 0.2) is 24.3 Å². The third kappa shape index (κ3) is 5.48. The zero-order valence-electron chi connectivity index (χ0n) is 15.1. The summed E-state index contributed by atoms with van der Waals surface area (Å²) in [6, 6.07) is 0. The van der Waals surface area contributed by atoms with Crippen LogP contribution in [-0.4, -0.2) is 72.3 Å². The van der Waals surface area contributed by atoms with Crippen LogP contribution in [-0.2, 0) is 9.59 Å². The summed E-state index contributed by atoms with van der Waals surface area (Å²) in [5.41, 5.74) is 0. The average Bonchev–Trinajstić information content (AvgIpc) is 2.62. The van der Waals surface area contributed by atoms with Crippen molar-refractivity contribution in [1.29, 1.82) is 0 Å². The predicted octanol–water partition coefficient (Wildman–Crippen LogP) is 1.91. The van der Waals surface area contributed by atoms with Gasteiger partial charge in [0.2, 0.25) is 11.8 Å². The van der Waals surface area contributed by atoms with Gasteiger partial charge in [-0.3, -0.25) is 9.59 Å². The Morgan fingerprint density at radius 3 is 2.21 bits per heavy atom. The first kappa shape index (κ1) is 18.7. The lowest BCUT2D eigenvalue weighted by Crippen LogP contribution is -2.49. The lowest BCUT2D eigenvalue weighted by molar-refractivity contribution is -0.134. The molecule has 0 bridgehead atoms. The summed E-state index contributed by atoms with van der Waals surface area (Å²) in [4.78, 5) is 30.8. The van der Waals surface area contributed by atoms with E-state index in [1.807, 2.05) is 28.9 Å². The van der Waals surface area contributed by atoms with E-state index in [1.165, 1.54) is 0 Å². The summed E-state index contributed by atoms with van der Waals surface area (Å²) in [6.07, 6.45) is 9.69. The first-order valence-corrected chi connectivity index (χ1v) is 9.22. The van der Waals surface area contributed by atoms with E-state index in [0.717, 1.165) is 58.7 Å². The van der Waals surface area contributed by atoms with Gasteiger partial charge in [0.05, 0.1) is 0 Å². The highest BCUT2D eigenvalue weighted by atomic mass is 16.2. The lowest BCUT2D eigenvalue weighted by atomic mass is 9.92. The lowest BCUT2D eigenvalue weighted by Gasteiger charge is -2.36. The SMILES string of the molecule is C/C=C/C=C\C(=O)N1CCC(CC(=O)N2CCN(CC)CC2)CC1. The van der Waals surface area contributed by atoms with Crippen LogP contribution in [0.1, 0.15) is 33.1 Å². The molecule has 2 fully saturated rings. The van der Waals surface area contributed by atoms with Crippen molar-refractivity contribution in [2.24, 2.45) is 5.92 Å². The topological polar surface area (TPSA) is 43.9 Å². The molecule has 2 aliphatic rings. The van der Waals surface area contributed by atoms with Crippen molar-refractivity contribution in [2.75, 3.05) is 45.8 Å². The van der Waals surface area contributed by atoms with Crippen LogP contribution < -0.4 is 0 Å². The van der Waals surface area contributed by atoms with Gasteiger partial charge in [-0.2, -0.15) is 0 Å². The molecule has 0 aromatic heterocycles. The predicted molar refractivity (Wildman–Crippen MR) is 96.6 cm³/mol. The van der Waals surface area contributed by atoms with E-state index in [4.69, 9.17) is 0 Å². The Balaban J connectivity index is 1.71. The minimum absolute atomic E-state index is 0.0774. The van der Waals surface area contributed by atoms with Gasteiger partial charge in [-0.1, -0.05) is 25.2 Å². The second kappa shape index (κ2) is 9.62. The van der Waals surface area contributed by atoms with Crippen molar-refractivity contribution >= 4 is 11.8 Å². The molecule has 0 aliphatic carbocycles. The van der Waals surface area contributed by atoms with Crippen LogP contribution in [0.3, 0.4) is 0 Å². The fourth-order valence-corrected chi connectivity index (χ4v) is 3.40. The van der Waals surface area contributed by atoms with Crippen molar-refractivity contribution in [3.63, 3.8) is 0 Å². The van der Waals surface area contributed by atoms with Gasteiger partial charge in [0.25, 0.3) is 0 Å². The zero-order valence-corrected chi connectivity index (χ0v) is 15.1. The van der Waals surface area contributed by atoms with Gasteiger partial charge in [0, 0.05) is 51.8 Å². The Kier molecular flexibility index (Phi) is 7.50. The number of rotatable bonds is 5. The summed E-state index contributed by atoms with van der Waals surface area (Å²) in [5, 5.41) is 0. The number of carbonyl (C=O) groups excluding carboxylic acids is 2. The molecule has 0 unspecified atom stereocenters. The summed E-state index contributed by atoms with van der Waals surface area (Å²) in [6.45, 7) is 10.4. The molecular weight excluding hydrogens is 302 g/mol. The maximum Gasteiger partial charge on any atom is 0.246 e.